The van der Waals surface area contributed by atoms with Gasteiger partial charge in [0.05, 0.1) is 12.1 Å². The minimum absolute atomic E-state index is 0.262. The summed E-state index contributed by atoms with van der Waals surface area (Å²) in [5.74, 6) is 1.59. The molecule has 1 atom stereocenters. The van der Waals surface area contributed by atoms with E-state index in [-0.39, 0.29) is 5.92 Å². The highest BCUT2D eigenvalue weighted by Crippen LogP contribution is 2.29. The highest BCUT2D eigenvalue weighted by atomic mass is 16.5. The molecule has 2 fully saturated rings. The van der Waals surface area contributed by atoms with E-state index < -0.39 is 0 Å². The number of fused-ring (bicyclic) bond motifs is 1. The number of aromatic nitrogens is 1. The minimum atomic E-state index is 0.262. The van der Waals surface area contributed by atoms with Crippen molar-refractivity contribution in [2.24, 2.45) is 5.92 Å². The van der Waals surface area contributed by atoms with E-state index in [2.05, 4.69) is 70.4 Å². The standard InChI is InChI=1S/C32H41N3O2/c1-34(24-27-11-7-14-31-30(27)13-8-20-33-31)23-25-15-17-29(18-16-25)37-22-19-28-12-5-6-21-35(28)32(36)26-9-3-2-4-10-26/h7-8,11,13-18,20,26,28H,2-6,9-10,12,19,21-24H2,1H3. The molecule has 1 saturated heterocycles. The summed E-state index contributed by atoms with van der Waals surface area (Å²) in [4.78, 5) is 22.2. The molecule has 2 aliphatic rings. The lowest BCUT2D eigenvalue weighted by Crippen LogP contribution is -2.47. The lowest BCUT2D eigenvalue weighted by Gasteiger charge is -2.38. The van der Waals surface area contributed by atoms with Crippen LogP contribution in [0.3, 0.4) is 0 Å². The second-order valence-corrected chi connectivity index (χ2v) is 11.0. The third-order valence-electron chi connectivity index (χ3n) is 8.14. The van der Waals surface area contributed by atoms with Crippen molar-refractivity contribution in [3.8, 4) is 5.75 Å². The molecule has 5 rings (SSSR count). The molecule has 0 spiro atoms. The fourth-order valence-corrected chi connectivity index (χ4v) is 6.14. The van der Waals surface area contributed by atoms with Crippen molar-refractivity contribution in [1.29, 1.82) is 0 Å². The Balaban J connectivity index is 1.10. The van der Waals surface area contributed by atoms with Gasteiger partial charge in [0.25, 0.3) is 0 Å². The van der Waals surface area contributed by atoms with Crippen LogP contribution < -0.4 is 4.74 Å². The van der Waals surface area contributed by atoms with E-state index in [1.807, 2.05) is 12.3 Å². The van der Waals surface area contributed by atoms with Gasteiger partial charge in [-0.3, -0.25) is 14.7 Å². The molecule has 0 radical (unpaired) electrons. The molecule has 37 heavy (non-hydrogen) atoms. The molecular formula is C32H41N3O2. The van der Waals surface area contributed by atoms with Crippen molar-refractivity contribution in [2.45, 2.75) is 76.9 Å². The highest BCUT2D eigenvalue weighted by Gasteiger charge is 2.32. The first kappa shape index (κ1) is 25.7. The Morgan fingerprint density at radius 3 is 2.59 bits per heavy atom. The maximum atomic E-state index is 13.2. The normalized spacial score (nSPS) is 18.9. The van der Waals surface area contributed by atoms with Gasteiger partial charge in [0.15, 0.2) is 0 Å². The Bertz CT molecular complexity index is 1150. The van der Waals surface area contributed by atoms with Gasteiger partial charge >= 0.3 is 0 Å². The fraction of sp³-hybridized carbons (Fsp3) is 0.500. The van der Waals surface area contributed by atoms with E-state index in [1.165, 1.54) is 42.2 Å². The number of hydrogen-bond donors (Lipinski definition) is 0. The van der Waals surface area contributed by atoms with E-state index >= 15 is 0 Å². The van der Waals surface area contributed by atoms with Crippen molar-refractivity contribution in [3.05, 3.63) is 71.9 Å². The predicted octanol–water partition coefficient (Wildman–Crippen LogP) is 6.60. The van der Waals surface area contributed by atoms with Crippen LogP contribution in [0, 0.1) is 5.92 Å². The third kappa shape index (κ3) is 6.70. The van der Waals surface area contributed by atoms with Crippen LogP contribution in [0.4, 0.5) is 0 Å². The van der Waals surface area contributed by atoms with Gasteiger partial charge in [-0.25, -0.2) is 0 Å². The van der Waals surface area contributed by atoms with Crippen molar-refractivity contribution in [2.75, 3.05) is 20.2 Å². The Labute approximate surface area is 221 Å². The van der Waals surface area contributed by atoms with Gasteiger partial charge in [0.2, 0.25) is 5.91 Å². The smallest absolute Gasteiger partial charge is 0.225 e. The molecule has 3 aromatic rings. The number of piperidine rings is 1. The second-order valence-electron chi connectivity index (χ2n) is 11.0. The summed E-state index contributed by atoms with van der Waals surface area (Å²) in [6, 6.07) is 19.3. The van der Waals surface area contributed by atoms with Crippen molar-refractivity contribution in [1.82, 2.24) is 14.8 Å². The summed E-state index contributed by atoms with van der Waals surface area (Å²) in [5, 5.41) is 1.22. The third-order valence-corrected chi connectivity index (χ3v) is 8.14. The maximum absolute atomic E-state index is 13.2. The Kier molecular flexibility index (Phi) is 8.72. The fourth-order valence-electron chi connectivity index (χ4n) is 6.14. The van der Waals surface area contributed by atoms with E-state index in [1.54, 1.807) is 0 Å². The molecule has 1 aliphatic heterocycles. The number of carbonyl (C=O) groups excluding carboxylic acids is 1. The molecule has 1 aliphatic carbocycles. The molecule has 2 aromatic carbocycles. The largest absolute Gasteiger partial charge is 0.494 e. The number of carbonyl (C=O) groups is 1. The average molecular weight is 500 g/mol. The first-order valence-corrected chi connectivity index (χ1v) is 14.2. The number of ether oxygens (including phenoxy) is 1. The lowest BCUT2D eigenvalue weighted by atomic mass is 9.87. The van der Waals surface area contributed by atoms with Crippen molar-refractivity contribution < 1.29 is 9.53 Å². The maximum Gasteiger partial charge on any atom is 0.225 e. The predicted molar refractivity (Wildman–Crippen MR) is 149 cm³/mol. The van der Waals surface area contributed by atoms with Crippen LogP contribution in [-0.4, -0.2) is 46.9 Å². The molecule has 1 aromatic heterocycles. The van der Waals surface area contributed by atoms with Crippen LogP contribution in [0.1, 0.15) is 68.9 Å². The van der Waals surface area contributed by atoms with E-state index in [4.69, 9.17) is 4.74 Å². The molecular weight excluding hydrogens is 458 g/mol. The average Bonchev–Trinajstić information content (AvgIpc) is 2.94. The van der Waals surface area contributed by atoms with Crippen LogP contribution in [0.2, 0.25) is 0 Å². The van der Waals surface area contributed by atoms with Crippen molar-refractivity contribution >= 4 is 16.8 Å². The van der Waals surface area contributed by atoms with Crippen LogP contribution >= 0.6 is 0 Å². The summed E-state index contributed by atoms with van der Waals surface area (Å²) in [6.45, 7) is 3.33. The molecule has 5 heteroatoms. The molecule has 2 heterocycles. The quantitative estimate of drug-likeness (QED) is 0.333. The van der Waals surface area contributed by atoms with Gasteiger partial charge in [-0.15, -0.1) is 0 Å². The minimum Gasteiger partial charge on any atom is -0.494 e. The molecule has 1 amide bonds. The number of amides is 1. The first-order valence-electron chi connectivity index (χ1n) is 14.2. The summed E-state index contributed by atoms with van der Waals surface area (Å²) < 4.78 is 6.13. The summed E-state index contributed by atoms with van der Waals surface area (Å²) in [7, 11) is 2.16. The molecule has 1 saturated carbocycles. The highest BCUT2D eigenvalue weighted by molar-refractivity contribution is 5.82. The van der Waals surface area contributed by atoms with Crippen LogP contribution in [0.25, 0.3) is 10.9 Å². The summed E-state index contributed by atoms with van der Waals surface area (Å²) in [5.41, 5.74) is 3.61. The Morgan fingerprint density at radius 1 is 0.946 bits per heavy atom. The van der Waals surface area contributed by atoms with Gasteiger partial charge in [-0.1, -0.05) is 49.6 Å². The summed E-state index contributed by atoms with van der Waals surface area (Å²) in [6.07, 6.45) is 12.1. The number of pyridine rings is 1. The topological polar surface area (TPSA) is 45.7 Å². The SMILES string of the molecule is CN(Cc1ccc(OCCC2CCCCN2C(=O)C2CCCCC2)cc1)Cc1cccc2ncccc12. The van der Waals surface area contributed by atoms with Gasteiger partial charge in [0, 0.05) is 49.6 Å². The molecule has 0 N–H and O–H groups in total. The van der Waals surface area contributed by atoms with E-state index in [9.17, 15) is 4.79 Å². The number of likely N-dealkylation sites (tertiary alicyclic amines) is 1. The number of nitrogens with zero attached hydrogens (tertiary/aromatic N) is 3. The molecule has 5 nitrogen and oxygen atoms in total. The van der Waals surface area contributed by atoms with Gasteiger partial charge < -0.3 is 9.64 Å². The van der Waals surface area contributed by atoms with Gasteiger partial charge in [-0.2, -0.15) is 0 Å². The van der Waals surface area contributed by atoms with Crippen LogP contribution in [0.15, 0.2) is 60.8 Å². The summed E-state index contributed by atoms with van der Waals surface area (Å²) >= 11 is 0. The number of benzene rings is 2. The van der Waals surface area contributed by atoms with Gasteiger partial charge in [0.1, 0.15) is 5.75 Å². The number of hydrogen-bond acceptors (Lipinski definition) is 4. The second kappa shape index (κ2) is 12.6. The zero-order valence-corrected chi connectivity index (χ0v) is 22.3. The molecule has 0 bridgehead atoms. The van der Waals surface area contributed by atoms with E-state index in [0.29, 0.717) is 18.6 Å². The Hall–Kier alpha value is -2.92. The zero-order chi connectivity index (χ0) is 25.5. The monoisotopic (exact) mass is 499 g/mol. The van der Waals surface area contributed by atoms with Gasteiger partial charge in [-0.05, 0) is 74.5 Å². The van der Waals surface area contributed by atoms with E-state index in [0.717, 1.165) is 63.0 Å². The Morgan fingerprint density at radius 2 is 1.76 bits per heavy atom. The molecule has 196 valence electrons. The zero-order valence-electron chi connectivity index (χ0n) is 22.3. The lowest BCUT2D eigenvalue weighted by molar-refractivity contribution is -0.140. The van der Waals surface area contributed by atoms with Crippen LogP contribution in [-0.2, 0) is 17.9 Å². The van der Waals surface area contributed by atoms with Crippen LogP contribution in [0.5, 0.6) is 5.75 Å². The first-order chi connectivity index (χ1) is 18.2. The van der Waals surface area contributed by atoms with Crippen molar-refractivity contribution in [3.63, 3.8) is 0 Å². The molecule has 1 unspecified atom stereocenters. The number of rotatable bonds is 9.